The summed E-state index contributed by atoms with van der Waals surface area (Å²) in [5.41, 5.74) is 3.55. The molecule has 0 saturated heterocycles. The van der Waals surface area contributed by atoms with Gasteiger partial charge in [0, 0.05) is 37.8 Å². The molecule has 1 atom stereocenters. The van der Waals surface area contributed by atoms with Gasteiger partial charge in [-0.05, 0) is 30.2 Å². The second-order valence-corrected chi connectivity index (χ2v) is 6.91. The quantitative estimate of drug-likeness (QED) is 0.376. The molecule has 0 aliphatic carbocycles. The summed E-state index contributed by atoms with van der Waals surface area (Å²) < 4.78 is 0. The first-order valence-corrected chi connectivity index (χ1v) is 9.97. The van der Waals surface area contributed by atoms with Crippen molar-refractivity contribution in [2.75, 3.05) is 37.7 Å². The van der Waals surface area contributed by atoms with Crippen molar-refractivity contribution in [1.29, 1.82) is 0 Å². The van der Waals surface area contributed by atoms with E-state index >= 15 is 0 Å². The van der Waals surface area contributed by atoms with Gasteiger partial charge in [-0.1, -0.05) is 54.6 Å². The molecule has 0 spiro atoms. The van der Waals surface area contributed by atoms with Gasteiger partial charge < -0.3 is 20.6 Å². The highest BCUT2D eigenvalue weighted by Gasteiger charge is 2.11. The molecule has 3 N–H and O–H groups in total. The average Bonchev–Trinajstić information content (AvgIpc) is 3.28. The Kier molecular flexibility index (Phi) is 7.50. The van der Waals surface area contributed by atoms with Crippen LogP contribution in [0.1, 0.15) is 24.0 Å². The molecule has 0 amide bonds. The van der Waals surface area contributed by atoms with Gasteiger partial charge in [0.25, 0.3) is 0 Å². The Morgan fingerprint density at radius 1 is 1.04 bits per heavy atom. The molecule has 0 fully saturated rings. The maximum absolute atomic E-state index is 9.74. The standard InChI is InChI=1S/C23H30N4O/c1-2-24-23(26-17-21(18-28)20-8-4-3-5-9-20)25-16-19-10-12-22(13-11-19)27-14-6-7-15-27/h3-13,21,28H,2,14-18H2,1H3,(H2,24,25,26). The average molecular weight is 379 g/mol. The van der Waals surface area contributed by atoms with Gasteiger partial charge in [-0.2, -0.15) is 0 Å². The number of guanidine groups is 1. The molecule has 1 aliphatic rings. The monoisotopic (exact) mass is 378 g/mol. The highest BCUT2D eigenvalue weighted by Crippen LogP contribution is 2.18. The molecule has 0 bridgehead atoms. The molecule has 1 aliphatic heterocycles. The van der Waals surface area contributed by atoms with Gasteiger partial charge in [0.15, 0.2) is 5.96 Å². The minimum Gasteiger partial charge on any atom is -0.396 e. The van der Waals surface area contributed by atoms with Gasteiger partial charge in [-0.15, -0.1) is 0 Å². The van der Waals surface area contributed by atoms with Crippen molar-refractivity contribution in [2.45, 2.75) is 19.4 Å². The first-order chi connectivity index (χ1) is 13.8. The smallest absolute Gasteiger partial charge is 0.191 e. The van der Waals surface area contributed by atoms with Crippen LogP contribution in [0.5, 0.6) is 0 Å². The normalized spacial score (nSPS) is 14.9. The molecule has 148 valence electrons. The molecule has 0 saturated carbocycles. The van der Waals surface area contributed by atoms with Crippen LogP contribution in [-0.2, 0) is 6.54 Å². The Balaban J connectivity index is 1.57. The Labute approximate surface area is 167 Å². The van der Waals surface area contributed by atoms with E-state index in [1.165, 1.54) is 11.3 Å². The number of hydrogen-bond donors (Lipinski definition) is 3. The zero-order chi connectivity index (χ0) is 19.6. The van der Waals surface area contributed by atoms with E-state index < -0.39 is 0 Å². The van der Waals surface area contributed by atoms with Crippen LogP contribution in [0.25, 0.3) is 0 Å². The van der Waals surface area contributed by atoms with E-state index in [-0.39, 0.29) is 12.5 Å². The van der Waals surface area contributed by atoms with Crippen molar-refractivity contribution >= 4 is 11.6 Å². The van der Waals surface area contributed by atoms with E-state index in [4.69, 9.17) is 4.99 Å². The Hall–Kier alpha value is -2.79. The van der Waals surface area contributed by atoms with Crippen molar-refractivity contribution in [3.63, 3.8) is 0 Å². The first-order valence-electron chi connectivity index (χ1n) is 9.97. The fourth-order valence-electron chi connectivity index (χ4n) is 3.25. The Morgan fingerprint density at radius 3 is 2.39 bits per heavy atom. The fourth-order valence-corrected chi connectivity index (χ4v) is 3.25. The number of aliphatic hydroxyl groups is 1. The lowest BCUT2D eigenvalue weighted by atomic mass is 10.0. The minimum atomic E-state index is 0.0402. The molecule has 0 radical (unpaired) electrons. The molecular weight excluding hydrogens is 348 g/mol. The number of nitrogens with one attached hydrogen (secondary N) is 2. The predicted octanol–water partition coefficient (Wildman–Crippen LogP) is 2.89. The number of benzene rings is 2. The highest BCUT2D eigenvalue weighted by molar-refractivity contribution is 5.79. The lowest BCUT2D eigenvalue weighted by Gasteiger charge is -2.18. The van der Waals surface area contributed by atoms with Gasteiger partial charge in [-0.3, -0.25) is 0 Å². The molecule has 2 aromatic carbocycles. The summed E-state index contributed by atoms with van der Waals surface area (Å²) in [5.74, 6) is 0.808. The van der Waals surface area contributed by atoms with Crippen LogP contribution in [0.2, 0.25) is 0 Å². The van der Waals surface area contributed by atoms with E-state index in [1.807, 2.05) is 30.3 Å². The number of aliphatic imine (C=N–C) groups is 1. The number of nitrogens with zero attached hydrogens (tertiary/aromatic N) is 2. The summed E-state index contributed by atoms with van der Waals surface area (Å²) in [4.78, 5) is 7.03. The summed E-state index contributed by atoms with van der Waals surface area (Å²) in [6.07, 6.45) is 4.39. The number of rotatable bonds is 8. The number of aliphatic hydroxyl groups excluding tert-OH is 1. The minimum absolute atomic E-state index is 0.0402. The van der Waals surface area contributed by atoms with Crippen LogP contribution < -0.4 is 15.5 Å². The maximum atomic E-state index is 9.74. The molecule has 1 heterocycles. The van der Waals surface area contributed by atoms with Gasteiger partial charge in [0.2, 0.25) is 0 Å². The first kappa shape index (κ1) is 20.0. The van der Waals surface area contributed by atoms with E-state index in [1.54, 1.807) is 0 Å². The molecule has 2 aromatic rings. The second kappa shape index (κ2) is 10.5. The van der Waals surface area contributed by atoms with Crippen LogP contribution in [0.4, 0.5) is 5.69 Å². The van der Waals surface area contributed by atoms with Crippen molar-refractivity contribution < 1.29 is 5.11 Å². The SMILES string of the molecule is CCNC(=NCc1ccc(N2CC=CC2)cc1)NCC(CO)c1ccccc1. The topological polar surface area (TPSA) is 59.9 Å². The summed E-state index contributed by atoms with van der Waals surface area (Å²) >= 11 is 0. The van der Waals surface area contributed by atoms with E-state index in [2.05, 4.69) is 58.9 Å². The van der Waals surface area contributed by atoms with Gasteiger partial charge >= 0.3 is 0 Å². The zero-order valence-corrected chi connectivity index (χ0v) is 16.5. The molecule has 5 nitrogen and oxygen atoms in total. The number of hydrogen-bond acceptors (Lipinski definition) is 3. The zero-order valence-electron chi connectivity index (χ0n) is 16.5. The molecule has 3 rings (SSSR count). The largest absolute Gasteiger partial charge is 0.396 e. The van der Waals surface area contributed by atoms with Crippen molar-refractivity contribution in [1.82, 2.24) is 10.6 Å². The summed E-state index contributed by atoms with van der Waals surface area (Å²) in [6, 6.07) is 18.7. The maximum Gasteiger partial charge on any atom is 0.191 e. The predicted molar refractivity (Wildman–Crippen MR) is 117 cm³/mol. The molecule has 1 unspecified atom stereocenters. The van der Waals surface area contributed by atoms with Crippen molar-refractivity contribution in [2.24, 2.45) is 4.99 Å². The van der Waals surface area contributed by atoms with E-state index in [0.29, 0.717) is 13.1 Å². The Bertz CT molecular complexity index is 763. The van der Waals surface area contributed by atoms with Crippen molar-refractivity contribution in [3.05, 3.63) is 77.9 Å². The summed E-state index contributed by atoms with van der Waals surface area (Å²) in [7, 11) is 0. The van der Waals surface area contributed by atoms with Crippen LogP contribution in [0, 0.1) is 0 Å². The second-order valence-electron chi connectivity index (χ2n) is 6.91. The molecule has 0 aromatic heterocycles. The highest BCUT2D eigenvalue weighted by atomic mass is 16.3. The van der Waals surface area contributed by atoms with Gasteiger partial charge in [0.1, 0.15) is 0 Å². The third kappa shape index (κ3) is 5.60. The number of anilines is 1. The van der Waals surface area contributed by atoms with Crippen LogP contribution in [0.15, 0.2) is 71.7 Å². The third-order valence-corrected chi connectivity index (χ3v) is 4.89. The molecule has 28 heavy (non-hydrogen) atoms. The van der Waals surface area contributed by atoms with Crippen LogP contribution in [-0.4, -0.2) is 43.9 Å². The van der Waals surface area contributed by atoms with E-state index in [9.17, 15) is 5.11 Å². The van der Waals surface area contributed by atoms with Crippen LogP contribution in [0.3, 0.4) is 0 Å². The Morgan fingerprint density at radius 2 is 1.75 bits per heavy atom. The summed E-state index contributed by atoms with van der Waals surface area (Å²) in [5, 5.41) is 16.4. The van der Waals surface area contributed by atoms with Crippen LogP contribution >= 0.6 is 0 Å². The van der Waals surface area contributed by atoms with E-state index in [0.717, 1.165) is 31.2 Å². The van der Waals surface area contributed by atoms with Crippen molar-refractivity contribution in [3.8, 4) is 0 Å². The molecular formula is C23H30N4O. The lowest BCUT2D eigenvalue weighted by Crippen LogP contribution is -2.39. The van der Waals surface area contributed by atoms with Gasteiger partial charge in [-0.25, -0.2) is 4.99 Å². The lowest BCUT2D eigenvalue weighted by molar-refractivity contribution is 0.265. The summed E-state index contributed by atoms with van der Waals surface area (Å²) in [6.45, 7) is 6.16. The van der Waals surface area contributed by atoms with Gasteiger partial charge in [0.05, 0.1) is 13.2 Å². The molecule has 5 heteroatoms. The third-order valence-electron chi connectivity index (χ3n) is 4.89. The fraction of sp³-hybridized carbons (Fsp3) is 0.348.